The largest absolute Gasteiger partial charge is 0.456 e. The minimum Gasteiger partial charge on any atom is -0.456 e. The van der Waals surface area contributed by atoms with E-state index in [4.69, 9.17) is 4.42 Å². The molecule has 1 heterocycles. The van der Waals surface area contributed by atoms with Crippen molar-refractivity contribution >= 4 is 54.9 Å². The molecule has 0 radical (unpaired) electrons. The molecule has 7 aromatic rings. The number of furan rings is 1. The molecule has 0 fully saturated rings. The summed E-state index contributed by atoms with van der Waals surface area (Å²) in [7, 11) is 0. The van der Waals surface area contributed by atoms with E-state index in [9.17, 15) is 0 Å². The molecule has 1 heteroatoms. The minimum atomic E-state index is 0.202. The van der Waals surface area contributed by atoms with Gasteiger partial charge in [0.1, 0.15) is 11.3 Å². The highest BCUT2D eigenvalue weighted by molar-refractivity contribution is 6.20. The highest BCUT2D eigenvalue weighted by atomic mass is 16.3. The highest BCUT2D eigenvalue weighted by Crippen LogP contribution is 2.53. The summed E-state index contributed by atoms with van der Waals surface area (Å²) in [5, 5.41) is 8.88. The Morgan fingerprint density at radius 3 is 1.78 bits per heavy atom. The normalized spacial score (nSPS) is 17.7. The number of hydrogen-bond acceptors (Lipinski definition) is 1. The first-order valence-electron chi connectivity index (χ1n) is 14.4. The molecular weight excluding hydrogens is 496 g/mol. The minimum absolute atomic E-state index is 0.202. The van der Waals surface area contributed by atoms with Crippen LogP contribution in [-0.4, -0.2) is 0 Å². The van der Waals surface area contributed by atoms with Crippen molar-refractivity contribution in [1.82, 2.24) is 0 Å². The van der Waals surface area contributed by atoms with Gasteiger partial charge in [0, 0.05) is 22.8 Å². The van der Waals surface area contributed by atoms with Crippen LogP contribution in [0.1, 0.15) is 22.8 Å². The number of allylic oxidation sites excluding steroid dienone is 5. The van der Waals surface area contributed by atoms with Gasteiger partial charge in [0.15, 0.2) is 0 Å². The standard InChI is InChI=1S/C40H26O/c1-2-13-26(14-3-1)37-30-18-8-10-20-32(30)38(33-21-11-9-19-31(33)37)34-24-36-40(29-17-7-6-16-28(29)34)39-27-15-5-4-12-25(27)22-23-35(39)41-36/h1-24,28-29H. The van der Waals surface area contributed by atoms with E-state index in [2.05, 4.69) is 146 Å². The molecule has 1 nitrogen and oxygen atoms in total. The first kappa shape index (κ1) is 22.7. The molecule has 2 atom stereocenters. The number of hydrogen-bond donors (Lipinski definition) is 0. The maximum Gasteiger partial charge on any atom is 0.135 e. The van der Waals surface area contributed by atoms with Gasteiger partial charge in [0.25, 0.3) is 0 Å². The molecule has 2 aliphatic carbocycles. The second-order valence-electron chi connectivity index (χ2n) is 11.2. The molecule has 9 rings (SSSR count). The van der Waals surface area contributed by atoms with Crippen molar-refractivity contribution in [2.24, 2.45) is 5.92 Å². The molecule has 2 unspecified atom stereocenters. The Bertz CT molecular complexity index is 2200. The molecule has 0 saturated carbocycles. The summed E-state index contributed by atoms with van der Waals surface area (Å²) in [6.07, 6.45) is 11.5. The summed E-state index contributed by atoms with van der Waals surface area (Å²) in [5.41, 5.74) is 7.43. The molecule has 41 heavy (non-hydrogen) atoms. The Morgan fingerprint density at radius 2 is 1.07 bits per heavy atom. The molecular formula is C40H26O. The van der Waals surface area contributed by atoms with Crippen LogP contribution >= 0.6 is 0 Å². The Labute approximate surface area is 238 Å². The molecule has 0 N–H and O–H groups in total. The van der Waals surface area contributed by atoms with Gasteiger partial charge in [-0.3, -0.25) is 0 Å². The molecule has 0 bridgehead atoms. The third-order valence-corrected chi connectivity index (χ3v) is 9.04. The first-order chi connectivity index (χ1) is 20.4. The summed E-state index contributed by atoms with van der Waals surface area (Å²) in [6, 6.07) is 41.6. The molecule has 2 aliphatic rings. The molecule has 0 saturated heterocycles. The number of rotatable bonds is 2. The van der Waals surface area contributed by atoms with Crippen molar-refractivity contribution in [2.75, 3.05) is 0 Å². The van der Waals surface area contributed by atoms with E-state index in [-0.39, 0.29) is 11.8 Å². The predicted octanol–water partition coefficient (Wildman–Crippen LogP) is 10.9. The maximum absolute atomic E-state index is 6.68. The fraction of sp³-hybridized carbons (Fsp3) is 0.0500. The summed E-state index contributed by atoms with van der Waals surface area (Å²) in [4.78, 5) is 0. The number of fused-ring (bicyclic) bond motifs is 9. The Hall–Kier alpha value is -5.14. The van der Waals surface area contributed by atoms with Gasteiger partial charge in [-0.15, -0.1) is 0 Å². The van der Waals surface area contributed by atoms with Gasteiger partial charge in [-0.2, -0.15) is 0 Å². The summed E-state index contributed by atoms with van der Waals surface area (Å²) in [5.74, 6) is 1.39. The quantitative estimate of drug-likeness (QED) is 0.206. The lowest BCUT2D eigenvalue weighted by atomic mass is 9.70. The Balaban J connectivity index is 1.41. The third kappa shape index (κ3) is 3.24. The maximum atomic E-state index is 6.68. The van der Waals surface area contributed by atoms with Crippen LogP contribution in [0.2, 0.25) is 0 Å². The molecule has 0 amide bonds. The van der Waals surface area contributed by atoms with Crippen molar-refractivity contribution < 1.29 is 4.42 Å². The lowest BCUT2D eigenvalue weighted by molar-refractivity contribution is 0.582. The number of benzene rings is 6. The lowest BCUT2D eigenvalue weighted by Gasteiger charge is -2.32. The van der Waals surface area contributed by atoms with Crippen LogP contribution in [0.15, 0.2) is 144 Å². The van der Waals surface area contributed by atoms with E-state index in [1.165, 1.54) is 65.5 Å². The van der Waals surface area contributed by atoms with Crippen molar-refractivity contribution in [3.8, 4) is 11.1 Å². The van der Waals surface area contributed by atoms with Gasteiger partial charge < -0.3 is 4.42 Å². The second kappa shape index (κ2) is 8.68. The van der Waals surface area contributed by atoms with Gasteiger partial charge in [-0.05, 0) is 66.7 Å². The third-order valence-electron chi connectivity index (χ3n) is 9.04. The van der Waals surface area contributed by atoms with Crippen molar-refractivity contribution in [1.29, 1.82) is 0 Å². The van der Waals surface area contributed by atoms with E-state index >= 15 is 0 Å². The second-order valence-corrected chi connectivity index (χ2v) is 11.2. The zero-order valence-corrected chi connectivity index (χ0v) is 22.4. The van der Waals surface area contributed by atoms with E-state index < -0.39 is 0 Å². The van der Waals surface area contributed by atoms with Crippen LogP contribution in [-0.2, 0) is 0 Å². The monoisotopic (exact) mass is 522 g/mol. The van der Waals surface area contributed by atoms with Gasteiger partial charge in [0.05, 0.1) is 0 Å². The van der Waals surface area contributed by atoms with Crippen LogP contribution in [0.5, 0.6) is 0 Å². The van der Waals surface area contributed by atoms with Crippen LogP contribution in [0.3, 0.4) is 0 Å². The van der Waals surface area contributed by atoms with Crippen LogP contribution in [0, 0.1) is 5.92 Å². The summed E-state index contributed by atoms with van der Waals surface area (Å²) >= 11 is 0. The summed E-state index contributed by atoms with van der Waals surface area (Å²) < 4.78 is 6.68. The topological polar surface area (TPSA) is 13.1 Å². The Kier molecular flexibility index (Phi) is 4.80. The zero-order valence-electron chi connectivity index (χ0n) is 22.4. The molecule has 0 aliphatic heterocycles. The van der Waals surface area contributed by atoms with Crippen molar-refractivity contribution in [3.63, 3.8) is 0 Å². The van der Waals surface area contributed by atoms with E-state index in [0.29, 0.717) is 0 Å². The average molecular weight is 523 g/mol. The molecule has 0 spiro atoms. The van der Waals surface area contributed by atoms with Gasteiger partial charge >= 0.3 is 0 Å². The van der Waals surface area contributed by atoms with E-state index in [1.54, 1.807) is 0 Å². The van der Waals surface area contributed by atoms with Crippen molar-refractivity contribution in [2.45, 2.75) is 5.92 Å². The van der Waals surface area contributed by atoms with Crippen molar-refractivity contribution in [3.05, 3.63) is 156 Å². The summed E-state index contributed by atoms with van der Waals surface area (Å²) in [6.45, 7) is 0. The smallest absolute Gasteiger partial charge is 0.135 e. The van der Waals surface area contributed by atoms with Gasteiger partial charge in [0.2, 0.25) is 0 Å². The van der Waals surface area contributed by atoms with E-state index in [1.807, 2.05) is 0 Å². The van der Waals surface area contributed by atoms with Gasteiger partial charge in [-0.25, -0.2) is 0 Å². The predicted molar refractivity (Wildman–Crippen MR) is 173 cm³/mol. The fourth-order valence-electron chi connectivity index (χ4n) is 7.36. The highest BCUT2D eigenvalue weighted by Gasteiger charge is 2.36. The van der Waals surface area contributed by atoms with Gasteiger partial charge in [-0.1, -0.05) is 133 Å². The first-order valence-corrected chi connectivity index (χ1v) is 14.4. The average Bonchev–Trinajstić information content (AvgIpc) is 3.43. The van der Waals surface area contributed by atoms with Crippen LogP contribution < -0.4 is 0 Å². The Morgan fingerprint density at radius 1 is 0.488 bits per heavy atom. The zero-order chi connectivity index (χ0) is 26.9. The van der Waals surface area contributed by atoms with E-state index in [0.717, 1.165) is 11.3 Å². The molecule has 192 valence electrons. The van der Waals surface area contributed by atoms with Crippen LogP contribution in [0.4, 0.5) is 0 Å². The SMILES string of the molecule is C1=CC2C(c3c4ccccc4c(-c4ccccc4)c4ccccc34)=Cc3oc4ccc5ccccc5c4c3C2C=C1. The molecule has 6 aromatic carbocycles. The van der Waals surface area contributed by atoms with Crippen LogP contribution in [0.25, 0.3) is 66.1 Å². The lowest BCUT2D eigenvalue weighted by Crippen LogP contribution is -2.17. The fourth-order valence-corrected chi connectivity index (χ4v) is 7.36. The molecule has 1 aromatic heterocycles.